The molecule has 0 saturated carbocycles. The number of nitrogens with one attached hydrogen (secondary N) is 1. The number of rotatable bonds is 6. The molecule has 1 N–H and O–H groups in total. The molecular formula is C22H15I2N3O3S. The van der Waals surface area contributed by atoms with E-state index in [4.69, 9.17) is 17.0 Å². The van der Waals surface area contributed by atoms with Crippen LogP contribution in [0.4, 0.5) is 0 Å². The first-order chi connectivity index (χ1) is 14.8. The minimum Gasteiger partial charge on any atom is -0.487 e. The van der Waals surface area contributed by atoms with Gasteiger partial charge in [-0.05, 0) is 87.2 Å². The molecule has 0 radical (unpaired) electrons. The summed E-state index contributed by atoms with van der Waals surface area (Å²) in [6.45, 7) is 4.08. The Morgan fingerprint density at radius 3 is 2.55 bits per heavy atom. The monoisotopic (exact) mass is 655 g/mol. The van der Waals surface area contributed by atoms with Gasteiger partial charge in [0.2, 0.25) is 0 Å². The lowest BCUT2D eigenvalue weighted by Crippen LogP contribution is -2.53. The van der Waals surface area contributed by atoms with Crippen LogP contribution in [0, 0.1) is 18.5 Å². The van der Waals surface area contributed by atoms with Crippen molar-refractivity contribution in [1.29, 1.82) is 5.26 Å². The summed E-state index contributed by atoms with van der Waals surface area (Å²) in [6, 6.07) is 13.1. The van der Waals surface area contributed by atoms with Gasteiger partial charge >= 0.3 is 0 Å². The van der Waals surface area contributed by atoms with Gasteiger partial charge in [-0.2, -0.15) is 5.26 Å². The second-order valence-corrected chi connectivity index (χ2v) is 9.10. The molecule has 1 heterocycles. The highest BCUT2D eigenvalue weighted by Gasteiger charge is 2.32. The summed E-state index contributed by atoms with van der Waals surface area (Å²) in [6.07, 6.45) is 3.08. The van der Waals surface area contributed by atoms with E-state index < -0.39 is 11.8 Å². The highest BCUT2D eigenvalue weighted by molar-refractivity contribution is 14.1. The molecule has 1 aliphatic rings. The molecule has 1 fully saturated rings. The lowest BCUT2D eigenvalue weighted by atomic mass is 10.1. The van der Waals surface area contributed by atoms with E-state index in [0.717, 1.165) is 12.7 Å². The molecule has 6 nitrogen and oxygen atoms in total. The van der Waals surface area contributed by atoms with Gasteiger partial charge in [-0.1, -0.05) is 24.3 Å². The third-order valence-electron chi connectivity index (χ3n) is 4.34. The summed E-state index contributed by atoms with van der Waals surface area (Å²) in [5, 5.41) is 11.8. The van der Waals surface area contributed by atoms with E-state index in [1.807, 2.05) is 30.3 Å². The molecule has 156 valence electrons. The Hall–Kier alpha value is -2.30. The molecule has 0 aliphatic carbocycles. The van der Waals surface area contributed by atoms with E-state index in [0.29, 0.717) is 16.9 Å². The van der Waals surface area contributed by atoms with Crippen LogP contribution in [0.15, 0.2) is 54.6 Å². The lowest BCUT2D eigenvalue weighted by Gasteiger charge is -2.27. The Balaban J connectivity index is 1.87. The van der Waals surface area contributed by atoms with Crippen LogP contribution in [0.1, 0.15) is 16.7 Å². The van der Waals surface area contributed by atoms with Crippen molar-refractivity contribution in [2.45, 2.75) is 6.61 Å². The second-order valence-electron chi connectivity index (χ2n) is 6.39. The van der Waals surface area contributed by atoms with Crippen molar-refractivity contribution in [2.24, 2.45) is 0 Å². The van der Waals surface area contributed by atoms with E-state index in [9.17, 15) is 14.9 Å². The largest absolute Gasteiger partial charge is 0.487 e. The number of thiocarbonyl (C=S) groups is 1. The Labute approximate surface area is 212 Å². The topological polar surface area (TPSA) is 82.4 Å². The van der Waals surface area contributed by atoms with Crippen LogP contribution in [-0.4, -0.2) is 28.4 Å². The van der Waals surface area contributed by atoms with Crippen LogP contribution in [0.3, 0.4) is 0 Å². The summed E-state index contributed by atoms with van der Waals surface area (Å²) < 4.78 is 7.60. The van der Waals surface area contributed by atoms with Gasteiger partial charge in [0.15, 0.2) is 5.11 Å². The number of nitriles is 1. The maximum absolute atomic E-state index is 12.7. The van der Waals surface area contributed by atoms with Crippen molar-refractivity contribution in [2.75, 3.05) is 6.54 Å². The molecule has 1 saturated heterocycles. The smallest absolute Gasteiger partial charge is 0.265 e. The van der Waals surface area contributed by atoms with Gasteiger partial charge in [0, 0.05) is 12.1 Å². The van der Waals surface area contributed by atoms with Crippen LogP contribution in [0.25, 0.3) is 6.08 Å². The fourth-order valence-corrected chi connectivity index (χ4v) is 5.24. The second kappa shape index (κ2) is 10.3. The summed E-state index contributed by atoms with van der Waals surface area (Å²) in [5.74, 6) is -0.328. The molecule has 0 bridgehead atoms. The molecule has 3 rings (SSSR count). The number of nitrogens with zero attached hydrogens (tertiary/aromatic N) is 2. The van der Waals surface area contributed by atoms with Crippen LogP contribution in [0.5, 0.6) is 5.75 Å². The van der Waals surface area contributed by atoms with Gasteiger partial charge in [0.1, 0.15) is 17.9 Å². The number of ether oxygens (including phenoxy) is 1. The first kappa shape index (κ1) is 23.4. The number of halogens is 2. The maximum Gasteiger partial charge on any atom is 0.265 e. The van der Waals surface area contributed by atoms with E-state index in [1.54, 1.807) is 12.1 Å². The average molecular weight is 655 g/mol. The fraction of sp³-hybridized carbons (Fsp3) is 0.0909. The Bertz CT molecular complexity index is 1150. The number of hydrogen-bond acceptors (Lipinski definition) is 5. The zero-order valence-electron chi connectivity index (χ0n) is 16.0. The van der Waals surface area contributed by atoms with E-state index in [2.05, 4.69) is 63.1 Å². The van der Waals surface area contributed by atoms with Crippen LogP contribution >= 0.6 is 57.4 Å². The molecule has 9 heteroatoms. The molecule has 2 amide bonds. The number of carbonyl (C=O) groups excluding carboxylic acids is 2. The van der Waals surface area contributed by atoms with Gasteiger partial charge in [-0.3, -0.25) is 19.8 Å². The molecule has 0 spiro atoms. The minimum absolute atomic E-state index is 0.00124. The van der Waals surface area contributed by atoms with E-state index >= 15 is 0 Å². The summed E-state index contributed by atoms with van der Waals surface area (Å²) in [4.78, 5) is 26.3. The first-order valence-corrected chi connectivity index (χ1v) is 11.5. The highest BCUT2D eigenvalue weighted by Crippen LogP contribution is 2.31. The van der Waals surface area contributed by atoms with Gasteiger partial charge < -0.3 is 4.74 Å². The molecule has 0 unspecified atom stereocenters. The van der Waals surface area contributed by atoms with Crippen molar-refractivity contribution >= 4 is 80.4 Å². The summed E-state index contributed by atoms with van der Waals surface area (Å²) in [7, 11) is 0. The van der Waals surface area contributed by atoms with E-state index in [1.165, 1.54) is 11.0 Å². The normalized spacial score (nSPS) is 14.9. The van der Waals surface area contributed by atoms with Crippen molar-refractivity contribution in [3.05, 3.63) is 78.5 Å². The molecule has 0 atom stereocenters. The summed E-state index contributed by atoms with van der Waals surface area (Å²) in [5.41, 5.74) is 2.05. The third kappa shape index (κ3) is 5.31. The lowest BCUT2D eigenvalue weighted by molar-refractivity contribution is -0.128. The van der Waals surface area contributed by atoms with Gasteiger partial charge in [0.25, 0.3) is 11.8 Å². The third-order valence-corrected chi connectivity index (χ3v) is 6.26. The minimum atomic E-state index is -0.534. The fourth-order valence-electron chi connectivity index (χ4n) is 2.86. The van der Waals surface area contributed by atoms with Gasteiger partial charge in [-0.15, -0.1) is 6.58 Å². The molecule has 2 aromatic rings. The van der Waals surface area contributed by atoms with Crippen molar-refractivity contribution < 1.29 is 14.3 Å². The standard InChI is InChI=1S/C22H15I2N3O3S/c1-2-7-27-21(29)16(20(28)26-22(27)31)8-13-9-17(23)19(18(24)10-13)30-12-15-6-4-3-5-14(15)11-25/h2-6,8-10H,1,7,12H2,(H,26,28,31)/b16-8+. The average Bonchev–Trinajstić information content (AvgIpc) is 2.74. The van der Waals surface area contributed by atoms with Crippen molar-refractivity contribution in [1.82, 2.24) is 10.2 Å². The molecule has 31 heavy (non-hydrogen) atoms. The van der Waals surface area contributed by atoms with Crippen molar-refractivity contribution in [3.8, 4) is 11.8 Å². The van der Waals surface area contributed by atoms with Crippen LogP contribution < -0.4 is 10.1 Å². The Morgan fingerprint density at radius 1 is 1.23 bits per heavy atom. The SMILES string of the molecule is C=CCN1C(=O)/C(=C/c2cc(I)c(OCc3ccccc3C#N)c(I)c2)C(=O)NC1=S. The predicted molar refractivity (Wildman–Crippen MR) is 138 cm³/mol. The highest BCUT2D eigenvalue weighted by atomic mass is 127. The quantitative estimate of drug-likeness (QED) is 0.166. The summed E-state index contributed by atoms with van der Waals surface area (Å²) >= 11 is 9.36. The number of amides is 2. The maximum atomic E-state index is 12.7. The predicted octanol–water partition coefficient (Wildman–Crippen LogP) is 4.16. The zero-order chi connectivity index (χ0) is 22.5. The number of hydrogen-bond donors (Lipinski definition) is 1. The van der Waals surface area contributed by atoms with Gasteiger partial charge in [0.05, 0.1) is 18.8 Å². The molecular weight excluding hydrogens is 640 g/mol. The Kier molecular flexibility index (Phi) is 7.79. The Morgan fingerprint density at radius 2 is 1.90 bits per heavy atom. The molecule has 1 aliphatic heterocycles. The zero-order valence-corrected chi connectivity index (χ0v) is 21.2. The molecule has 0 aromatic heterocycles. The van der Waals surface area contributed by atoms with Crippen LogP contribution in [-0.2, 0) is 16.2 Å². The number of carbonyl (C=O) groups is 2. The van der Waals surface area contributed by atoms with Crippen molar-refractivity contribution in [3.63, 3.8) is 0 Å². The number of benzene rings is 2. The molecule has 2 aromatic carbocycles. The first-order valence-electron chi connectivity index (χ1n) is 8.95. The van der Waals surface area contributed by atoms with Gasteiger partial charge in [-0.25, -0.2) is 0 Å². The van der Waals surface area contributed by atoms with E-state index in [-0.39, 0.29) is 23.8 Å². The van der Waals surface area contributed by atoms with Crippen LogP contribution in [0.2, 0.25) is 0 Å².